The van der Waals surface area contributed by atoms with Crippen LogP contribution >= 0.6 is 11.6 Å². The van der Waals surface area contributed by atoms with E-state index in [4.69, 9.17) is 11.6 Å². The number of anilines is 2. The topological polar surface area (TPSA) is 70.8 Å². The average Bonchev–Trinajstić information content (AvgIpc) is 2.97. The molecule has 3 heterocycles. The van der Waals surface area contributed by atoms with Crippen molar-refractivity contribution in [2.75, 3.05) is 36.0 Å². The van der Waals surface area contributed by atoms with Gasteiger partial charge in [-0.05, 0) is 24.3 Å². The molecule has 2 fully saturated rings. The molecule has 134 valence electrons. The van der Waals surface area contributed by atoms with E-state index in [1.54, 1.807) is 42.7 Å². The first kappa shape index (κ1) is 16.9. The number of carbonyl (C=O) groups excluding carboxylic acids is 2. The molecular formula is C18H19ClN5O2+. The van der Waals surface area contributed by atoms with Crippen LogP contribution in [0.15, 0.2) is 42.7 Å². The molecule has 2 aromatic rings. The number of hydrogen-bond acceptors (Lipinski definition) is 5. The molecule has 8 heteroatoms. The highest BCUT2D eigenvalue weighted by molar-refractivity contribution is 6.31. The molecule has 0 radical (unpaired) electrons. The van der Waals surface area contributed by atoms with E-state index in [1.165, 1.54) is 4.90 Å². The summed E-state index contributed by atoms with van der Waals surface area (Å²) in [6.45, 7) is 3.06. The number of nitrogens with zero attached hydrogens (tertiary/aromatic N) is 4. The predicted molar refractivity (Wildman–Crippen MR) is 97.3 cm³/mol. The first-order valence-electron chi connectivity index (χ1n) is 8.62. The maximum atomic E-state index is 12.9. The molecule has 0 bridgehead atoms. The molecular weight excluding hydrogens is 354 g/mol. The van der Waals surface area contributed by atoms with E-state index < -0.39 is 0 Å². The van der Waals surface area contributed by atoms with Crippen molar-refractivity contribution in [3.8, 4) is 0 Å². The Labute approximate surface area is 156 Å². The van der Waals surface area contributed by atoms with E-state index in [1.807, 2.05) is 0 Å². The largest absolute Gasteiger partial charge is 0.330 e. The first-order chi connectivity index (χ1) is 12.6. The molecule has 1 atom stereocenters. The Balaban J connectivity index is 1.45. The number of nitrogens with one attached hydrogen (secondary N) is 1. The number of quaternary nitrogens is 1. The van der Waals surface area contributed by atoms with Crippen LogP contribution in [0, 0.1) is 0 Å². The Kier molecular flexibility index (Phi) is 4.57. The van der Waals surface area contributed by atoms with Crippen LogP contribution < -0.4 is 14.7 Å². The fourth-order valence-electron chi connectivity index (χ4n) is 3.63. The van der Waals surface area contributed by atoms with Crippen molar-refractivity contribution < 1.29 is 14.5 Å². The molecule has 1 aromatic heterocycles. The molecule has 2 saturated heterocycles. The predicted octanol–water partition coefficient (Wildman–Crippen LogP) is 0.167. The van der Waals surface area contributed by atoms with Crippen molar-refractivity contribution in [1.29, 1.82) is 0 Å². The first-order valence-corrected chi connectivity index (χ1v) is 9.00. The Morgan fingerprint density at radius 1 is 1.08 bits per heavy atom. The molecule has 0 unspecified atom stereocenters. The third-order valence-electron chi connectivity index (χ3n) is 4.95. The lowest BCUT2D eigenvalue weighted by Crippen LogP contribution is -3.19. The number of halogens is 1. The van der Waals surface area contributed by atoms with Gasteiger partial charge in [0, 0.05) is 17.4 Å². The number of piperazine rings is 1. The Bertz CT molecular complexity index is 823. The summed E-state index contributed by atoms with van der Waals surface area (Å²) >= 11 is 6.01. The van der Waals surface area contributed by atoms with Gasteiger partial charge in [-0.1, -0.05) is 17.7 Å². The summed E-state index contributed by atoms with van der Waals surface area (Å²) < 4.78 is 0. The van der Waals surface area contributed by atoms with Crippen molar-refractivity contribution in [3.05, 3.63) is 47.7 Å². The monoisotopic (exact) mass is 372 g/mol. The summed E-state index contributed by atoms with van der Waals surface area (Å²) in [6.07, 6.45) is 3.69. The number of aromatic nitrogens is 2. The smallest absolute Gasteiger partial charge is 0.292 e. The summed E-state index contributed by atoms with van der Waals surface area (Å²) in [5.74, 6) is 0.404. The standard InChI is InChI=1S/C18H18ClN5O2/c19-13-3-1-4-14(11-13)24-16(25)12-15(17(24)26)22-7-9-23(10-8-22)18-20-5-2-6-21-18/h1-6,11,15H,7-10,12H2/p+1/t15-/m0/s1. The maximum absolute atomic E-state index is 12.9. The second-order valence-electron chi connectivity index (χ2n) is 6.50. The van der Waals surface area contributed by atoms with Crippen molar-refractivity contribution in [2.24, 2.45) is 0 Å². The molecule has 2 aliphatic rings. The number of rotatable bonds is 3. The second-order valence-corrected chi connectivity index (χ2v) is 6.93. The van der Waals surface area contributed by atoms with E-state index in [9.17, 15) is 9.59 Å². The highest BCUT2D eigenvalue weighted by Gasteiger charge is 2.46. The summed E-state index contributed by atoms with van der Waals surface area (Å²) in [4.78, 5) is 38.4. The van der Waals surface area contributed by atoms with Gasteiger partial charge in [0.2, 0.25) is 11.9 Å². The van der Waals surface area contributed by atoms with Crippen LogP contribution in [0.5, 0.6) is 0 Å². The molecule has 7 nitrogen and oxygen atoms in total. The molecule has 0 saturated carbocycles. The van der Waals surface area contributed by atoms with Gasteiger partial charge in [-0.25, -0.2) is 14.9 Å². The number of imide groups is 1. The number of carbonyl (C=O) groups is 2. The van der Waals surface area contributed by atoms with Gasteiger partial charge in [0.15, 0.2) is 6.04 Å². The van der Waals surface area contributed by atoms with Crippen molar-refractivity contribution >= 4 is 35.1 Å². The summed E-state index contributed by atoms with van der Waals surface area (Å²) in [7, 11) is 0. The van der Waals surface area contributed by atoms with Crippen LogP contribution in [-0.2, 0) is 9.59 Å². The van der Waals surface area contributed by atoms with Crippen LogP contribution in [-0.4, -0.2) is 54.0 Å². The highest BCUT2D eigenvalue weighted by atomic mass is 35.5. The lowest BCUT2D eigenvalue weighted by Gasteiger charge is -2.34. The minimum absolute atomic E-state index is 0.142. The zero-order valence-electron chi connectivity index (χ0n) is 14.1. The molecule has 0 aliphatic carbocycles. The fraction of sp³-hybridized carbons (Fsp3) is 0.333. The number of amides is 2. The molecule has 1 N–H and O–H groups in total. The van der Waals surface area contributed by atoms with Gasteiger partial charge in [0.05, 0.1) is 38.3 Å². The molecule has 0 spiro atoms. The molecule has 1 aromatic carbocycles. The summed E-state index contributed by atoms with van der Waals surface area (Å²) in [5, 5.41) is 0.510. The van der Waals surface area contributed by atoms with Crippen molar-refractivity contribution in [1.82, 2.24) is 9.97 Å². The van der Waals surface area contributed by atoms with Crippen LogP contribution in [0.3, 0.4) is 0 Å². The second kappa shape index (κ2) is 7.01. The Morgan fingerprint density at radius 3 is 2.50 bits per heavy atom. The van der Waals surface area contributed by atoms with E-state index in [0.717, 1.165) is 31.1 Å². The number of hydrogen-bond donors (Lipinski definition) is 1. The zero-order valence-corrected chi connectivity index (χ0v) is 14.9. The summed E-state index contributed by atoms with van der Waals surface area (Å²) in [6, 6.07) is 8.32. The fourth-order valence-corrected chi connectivity index (χ4v) is 3.82. The minimum atomic E-state index is -0.333. The lowest BCUT2D eigenvalue weighted by atomic mass is 10.2. The molecule has 2 amide bonds. The van der Waals surface area contributed by atoms with Gasteiger partial charge in [-0.15, -0.1) is 0 Å². The van der Waals surface area contributed by atoms with Crippen molar-refractivity contribution in [3.63, 3.8) is 0 Å². The highest BCUT2D eigenvalue weighted by Crippen LogP contribution is 2.24. The Morgan fingerprint density at radius 2 is 1.81 bits per heavy atom. The molecule has 26 heavy (non-hydrogen) atoms. The molecule has 4 rings (SSSR count). The van der Waals surface area contributed by atoms with E-state index in [-0.39, 0.29) is 24.3 Å². The van der Waals surface area contributed by atoms with Gasteiger partial charge >= 0.3 is 0 Å². The lowest BCUT2D eigenvalue weighted by molar-refractivity contribution is -0.915. The van der Waals surface area contributed by atoms with Crippen LogP contribution in [0.2, 0.25) is 5.02 Å². The SMILES string of the molecule is O=C1C[C@H]([NH+]2CCN(c3ncccn3)CC2)C(=O)N1c1cccc(Cl)c1. The normalized spacial score (nSPS) is 21.5. The third-order valence-corrected chi connectivity index (χ3v) is 5.18. The maximum Gasteiger partial charge on any atom is 0.292 e. The summed E-state index contributed by atoms with van der Waals surface area (Å²) in [5.41, 5.74) is 0.547. The van der Waals surface area contributed by atoms with Crippen LogP contribution in [0.1, 0.15) is 6.42 Å². The van der Waals surface area contributed by atoms with Gasteiger partial charge in [0.1, 0.15) is 0 Å². The van der Waals surface area contributed by atoms with Crippen molar-refractivity contribution in [2.45, 2.75) is 12.5 Å². The van der Waals surface area contributed by atoms with Gasteiger partial charge < -0.3 is 9.80 Å². The van der Waals surface area contributed by atoms with Crippen LogP contribution in [0.4, 0.5) is 11.6 Å². The Hall–Kier alpha value is -2.51. The third kappa shape index (κ3) is 3.15. The minimum Gasteiger partial charge on any atom is -0.330 e. The van der Waals surface area contributed by atoms with E-state index in [2.05, 4.69) is 14.9 Å². The van der Waals surface area contributed by atoms with Gasteiger partial charge in [0.25, 0.3) is 5.91 Å². The molecule has 2 aliphatic heterocycles. The van der Waals surface area contributed by atoms with E-state index >= 15 is 0 Å². The van der Waals surface area contributed by atoms with Gasteiger partial charge in [-0.2, -0.15) is 0 Å². The van der Waals surface area contributed by atoms with E-state index in [0.29, 0.717) is 16.7 Å². The van der Waals surface area contributed by atoms with Crippen LogP contribution in [0.25, 0.3) is 0 Å². The number of benzene rings is 1. The average molecular weight is 373 g/mol. The zero-order chi connectivity index (χ0) is 18.1. The quantitative estimate of drug-likeness (QED) is 0.778. The van der Waals surface area contributed by atoms with Gasteiger partial charge in [-0.3, -0.25) is 9.59 Å².